The second-order valence-electron chi connectivity index (χ2n) is 5.11. The number of aromatic nitrogens is 1. The van der Waals surface area contributed by atoms with Gasteiger partial charge in [0.25, 0.3) is 5.91 Å². The van der Waals surface area contributed by atoms with Crippen LogP contribution in [0.5, 0.6) is 0 Å². The van der Waals surface area contributed by atoms with Crippen LogP contribution < -0.4 is 11.3 Å². The number of nitrogens with one attached hydrogen (secondary N) is 1. The molecule has 1 aromatic heterocycles. The molecule has 1 aromatic rings. The van der Waals surface area contributed by atoms with Crippen molar-refractivity contribution in [3.05, 3.63) is 23.4 Å². The minimum atomic E-state index is -0.315. The van der Waals surface area contributed by atoms with Crippen molar-refractivity contribution in [2.24, 2.45) is 11.8 Å². The molecule has 4 N–H and O–H groups in total. The van der Waals surface area contributed by atoms with Gasteiger partial charge in [0, 0.05) is 24.3 Å². The maximum atomic E-state index is 12.4. The van der Waals surface area contributed by atoms with E-state index in [0.29, 0.717) is 30.9 Å². The van der Waals surface area contributed by atoms with Crippen LogP contribution in [0.4, 0.5) is 5.82 Å². The largest absolute Gasteiger partial charge is 0.393 e. The molecule has 0 radical (unpaired) electrons. The summed E-state index contributed by atoms with van der Waals surface area (Å²) in [7, 11) is 0. The number of pyridine rings is 1. The summed E-state index contributed by atoms with van der Waals surface area (Å²) < 4.78 is 0. The Morgan fingerprint density at radius 3 is 2.95 bits per heavy atom. The number of aryl methyl sites for hydroxylation is 1. The van der Waals surface area contributed by atoms with Crippen molar-refractivity contribution >= 4 is 11.7 Å². The molecule has 2 rings (SSSR count). The molecule has 2 atom stereocenters. The predicted molar refractivity (Wildman–Crippen MR) is 72.5 cm³/mol. The van der Waals surface area contributed by atoms with E-state index in [9.17, 15) is 9.90 Å². The number of carbonyl (C=O) groups excluding carboxylic acids is 1. The number of likely N-dealkylation sites (tertiary alicyclic amines) is 1. The molecule has 0 spiro atoms. The van der Waals surface area contributed by atoms with Gasteiger partial charge < -0.3 is 15.4 Å². The number of rotatable bonds is 2. The van der Waals surface area contributed by atoms with Crippen LogP contribution in [-0.4, -0.2) is 40.1 Å². The van der Waals surface area contributed by atoms with Gasteiger partial charge in [-0.05, 0) is 31.4 Å². The molecule has 2 unspecified atom stereocenters. The van der Waals surface area contributed by atoms with Crippen molar-refractivity contribution in [3.63, 3.8) is 0 Å². The van der Waals surface area contributed by atoms with Crippen molar-refractivity contribution in [1.29, 1.82) is 0 Å². The van der Waals surface area contributed by atoms with Gasteiger partial charge in [-0.15, -0.1) is 0 Å². The number of amides is 1. The molecule has 1 amide bonds. The van der Waals surface area contributed by atoms with Crippen LogP contribution in [0.15, 0.2) is 12.1 Å². The van der Waals surface area contributed by atoms with E-state index in [0.717, 1.165) is 5.69 Å². The predicted octanol–water partition coefficient (Wildman–Crippen LogP) is 0.519. The number of hydrogen-bond acceptors (Lipinski definition) is 5. The topological polar surface area (TPSA) is 91.5 Å². The molecular weight excluding hydrogens is 244 g/mol. The third kappa shape index (κ3) is 3.02. The molecule has 1 saturated heterocycles. The van der Waals surface area contributed by atoms with Crippen molar-refractivity contribution < 1.29 is 9.90 Å². The average Bonchev–Trinajstić information content (AvgIpc) is 2.40. The average molecular weight is 264 g/mol. The molecule has 19 heavy (non-hydrogen) atoms. The van der Waals surface area contributed by atoms with E-state index in [1.54, 1.807) is 17.0 Å². The number of aliphatic hydroxyl groups is 1. The van der Waals surface area contributed by atoms with Gasteiger partial charge >= 0.3 is 0 Å². The number of nitrogen functional groups attached to an aromatic ring is 1. The van der Waals surface area contributed by atoms with Crippen LogP contribution in [0.1, 0.15) is 29.4 Å². The monoisotopic (exact) mass is 264 g/mol. The van der Waals surface area contributed by atoms with Crippen LogP contribution in [0.25, 0.3) is 0 Å². The first-order valence-corrected chi connectivity index (χ1v) is 6.44. The summed E-state index contributed by atoms with van der Waals surface area (Å²) in [5.74, 6) is 5.88. The summed E-state index contributed by atoms with van der Waals surface area (Å²) in [6, 6.07) is 3.39. The van der Waals surface area contributed by atoms with E-state index in [4.69, 9.17) is 5.84 Å². The maximum absolute atomic E-state index is 12.4. The van der Waals surface area contributed by atoms with Crippen LogP contribution in [-0.2, 0) is 0 Å². The molecule has 1 aliphatic heterocycles. The number of anilines is 1. The molecule has 6 nitrogen and oxygen atoms in total. The molecule has 1 fully saturated rings. The van der Waals surface area contributed by atoms with Gasteiger partial charge in [0.2, 0.25) is 0 Å². The van der Waals surface area contributed by atoms with Gasteiger partial charge in [-0.1, -0.05) is 6.92 Å². The van der Waals surface area contributed by atoms with Gasteiger partial charge in [0.05, 0.1) is 6.10 Å². The normalized spacial score (nSPS) is 23.3. The number of aliphatic hydroxyl groups excluding tert-OH is 1. The summed E-state index contributed by atoms with van der Waals surface area (Å²) in [6.07, 6.45) is 0.309. The molecule has 0 bridgehead atoms. The Morgan fingerprint density at radius 2 is 2.32 bits per heavy atom. The molecule has 1 aliphatic rings. The molecule has 2 heterocycles. The van der Waals surface area contributed by atoms with Gasteiger partial charge in [0.1, 0.15) is 5.82 Å². The number of hydrazine groups is 1. The highest BCUT2D eigenvalue weighted by Crippen LogP contribution is 2.19. The Kier molecular flexibility index (Phi) is 4.01. The minimum Gasteiger partial charge on any atom is -0.393 e. The number of hydrogen-bond donors (Lipinski definition) is 3. The van der Waals surface area contributed by atoms with Crippen LogP contribution in [0, 0.1) is 12.8 Å². The third-order valence-electron chi connectivity index (χ3n) is 3.50. The summed E-state index contributed by atoms with van der Waals surface area (Å²) in [4.78, 5) is 18.4. The Morgan fingerprint density at radius 1 is 1.58 bits per heavy atom. The molecule has 6 heteroatoms. The quantitative estimate of drug-likeness (QED) is 0.535. The fourth-order valence-corrected chi connectivity index (χ4v) is 2.37. The van der Waals surface area contributed by atoms with Crippen LogP contribution >= 0.6 is 0 Å². The molecular formula is C13H20N4O2. The van der Waals surface area contributed by atoms with Gasteiger partial charge in [-0.2, -0.15) is 0 Å². The van der Waals surface area contributed by atoms with E-state index in [2.05, 4.69) is 10.4 Å². The lowest BCUT2D eigenvalue weighted by atomic mass is 9.96. The first kappa shape index (κ1) is 13.8. The second-order valence-corrected chi connectivity index (χ2v) is 5.11. The van der Waals surface area contributed by atoms with E-state index in [-0.39, 0.29) is 17.9 Å². The van der Waals surface area contributed by atoms with Crippen LogP contribution in [0.3, 0.4) is 0 Å². The number of nitrogens with two attached hydrogens (primary N) is 1. The second kappa shape index (κ2) is 5.54. The maximum Gasteiger partial charge on any atom is 0.254 e. The van der Waals surface area contributed by atoms with Crippen molar-refractivity contribution in [1.82, 2.24) is 9.88 Å². The molecule has 0 saturated carbocycles. The highest BCUT2D eigenvalue weighted by molar-refractivity contribution is 5.95. The van der Waals surface area contributed by atoms with Gasteiger partial charge in [-0.3, -0.25) is 4.79 Å². The molecule has 104 valence electrons. The third-order valence-corrected chi connectivity index (χ3v) is 3.50. The van der Waals surface area contributed by atoms with Crippen molar-refractivity contribution in [3.8, 4) is 0 Å². The van der Waals surface area contributed by atoms with E-state index in [1.807, 2.05) is 13.8 Å². The summed E-state index contributed by atoms with van der Waals surface area (Å²) in [5.41, 5.74) is 3.77. The highest BCUT2D eigenvalue weighted by Gasteiger charge is 2.27. The smallest absolute Gasteiger partial charge is 0.254 e. The minimum absolute atomic E-state index is 0.0410. The first-order chi connectivity index (χ1) is 9.01. The zero-order valence-corrected chi connectivity index (χ0v) is 11.3. The van der Waals surface area contributed by atoms with E-state index in [1.165, 1.54) is 0 Å². The number of carbonyl (C=O) groups is 1. The lowest BCUT2D eigenvalue weighted by Crippen LogP contribution is -2.45. The zero-order valence-electron chi connectivity index (χ0n) is 11.3. The highest BCUT2D eigenvalue weighted by atomic mass is 16.3. The van der Waals surface area contributed by atoms with Gasteiger partial charge in [0.15, 0.2) is 0 Å². The standard InChI is InChI=1S/C13H20N4O2/c1-8-7-17(4-3-11(8)18)13(19)10-5-9(2)15-12(6-10)16-14/h5-6,8,11,18H,3-4,7,14H2,1-2H3,(H,15,16). The molecule has 0 aromatic carbocycles. The summed E-state index contributed by atoms with van der Waals surface area (Å²) in [5, 5.41) is 9.70. The van der Waals surface area contributed by atoms with Crippen molar-refractivity contribution in [2.45, 2.75) is 26.4 Å². The SMILES string of the molecule is Cc1cc(C(=O)N2CCC(O)C(C)C2)cc(NN)n1. The lowest BCUT2D eigenvalue weighted by molar-refractivity contribution is 0.0297. The summed E-state index contributed by atoms with van der Waals surface area (Å²) in [6.45, 7) is 4.93. The number of piperidine rings is 1. The summed E-state index contributed by atoms with van der Waals surface area (Å²) >= 11 is 0. The Labute approximate surface area is 112 Å². The zero-order chi connectivity index (χ0) is 14.0. The Hall–Kier alpha value is -1.66. The first-order valence-electron chi connectivity index (χ1n) is 6.44. The number of nitrogens with zero attached hydrogens (tertiary/aromatic N) is 2. The lowest BCUT2D eigenvalue weighted by Gasteiger charge is -2.34. The van der Waals surface area contributed by atoms with Crippen LogP contribution in [0.2, 0.25) is 0 Å². The van der Waals surface area contributed by atoms with Gasteiger partial charge in [-0.25, -0.2) is 10.8 Å². The molecule has 0 aliphatic carbocycles. The fourth-order valence-electron chi connectivity index (χ4n) is 2.37. The Balaban J connectivity index is 2.17. The van der Waals surface area contributed by atoms with Crippen molar-refractivity contribution in [2.75, 3.05) is 18.5 Å². The van der Waals surface area contributed by atoms with E-state index >= 15 is 0 Å². The van der Waals surface area contributed by atoms with E-state index < -0.39 is 0 Å². The Bertz CT molecular complexity index is 478. The fraction of sp³-hybridized carbons (Fsp3) is 0.538.